The molecule has 2 heteroatoms. The molecule has 17 heavy (non-hydrogen) atoms. The summed E-state index contributed by atoms with van der Waals surface area (Å²) in [6, 6.07) is 6.22. The quantitative estimate of drug-likeness (QED) is 0.400. The zero-order chi connectivity index (χ0) is 12.7. The van der Waals surface area contributed by atoms with Gasteiger partial charge in [0, 0.05) is 12.0 Å². The number of Topliss-reactive ketones (excluding diaryl/α,β-unsaturated/α-hetero) is 1. The average molecular weight is 249 g/mol. The summed E-state index contributed by atoms with van der Waals surface area (Å²) in [5.41, 5.74) is 3.40. The molecular formula is C15H22OP-. The van der Waals surface area contributed by atoms with E-state index in [1.54, 1.807) is 0 Å². The molecule has 1 aromatic rings. The number of hydrogen-bond acceptors (Lipinski definition) is 1. The molecule has 0 amide bonds. The maximum Gasteiger partial charge on any atom is 0.163 e. The Labute approximate surface area is 107 Å². The Bertz CT molecular complexity index is 349. The molecule has 0 unspecified atom stereocenters. The lowest BCUT2D eigenvalue weighted by Gasteiger charge is -2.12. The van der Waals surface area contributed by atoms with E-state index in [-0.39, 0.29) is 0 Å². The largest absolute Gasteiger partial charge is 0.558 e. The van der Waals surface area contributed by atoms with Crippen LogP contribution in [-0.2, 0) is 12.8 Å². The van der Waals surface area contributed by atoms with Crippen LogP contribution in [0.4, 0.5) is 0 Å². The Morgan fingerprint density at radius 1 is 1.12 bits per heavy atom. The van der Waals surface area contributed by atoms with E-state index in [4.69, 9.17) is 0 Å². The van der Waals surface area contributed by atoms with Gasteiger partial charge in [-0.05, 0) is 30.4 Å². The predicted octanol–water partition coefficient (Wildman–Crippen LogP) is 4.31. The molecule has 0 N–H and O–H groups in total. The van der Waals surface area contributed by atoms with Crippen molar-refractivity contribution in [3.63, 3.8) is 0 Å². The van der Waals surface area contributed by atoms with E-state index in [0.29, 0.717) is 12.2 Å². The molecule has 0 saturated carbocycles. The second-order valence-electron chi connectivity index (χ2n) is 4.29. The molecule has 0 aliphatic rings. The van der Waals surface area contributed by atoms with Gasteiger partial charge in [0.05, 0.1) is 0 Å². The highest BCUT2D eigenvalue weighted by Crippen LogP contribution is 2.19. The molecule has 0 fully saturated rings. The van der Waals surface area contributed by atoms with Crippen molar-refractivity contribution in [2.24, 2.45) is 0 Å². The molecule has 94 valence electrons. The number of ketones is 1. The van der Waals surface area contributed by atoms with Crippen LogP contribution in [0.1, 0.15) is 54.6 Å². The highest BCUT2D eigenvalue weighted by atomic mass is 31.0. The molecule has 0 radical (unpaired) electrons. The number of benzene rings is 1. The zero-order valence-corrected chi connectivity index (χ0v) is 11.9. The van der Waals surface area contributed by atoms with Crippen molar-refractivity contribution in [3.8, 4) is 0 Å². The summed E-state index contributed by atoms with van der Waals surface area (Å²) in [4.78, 5) is 12.3. The summed E-state index contributed by atoms with van der Waals surface area (Å²) in [6.07, 6.45) is 5.57. The first-order chi connectivity index (χ1) is 8.24. The Morgan fingerprint density at radius 2 is 1.71 bits per heavy atom. The highest BCUT2D eigenvalue weighted by molar-refractivity contribution is 7.16. The molecule has 1 aromatic carbocycles. The van der Waals surface area contributed by atoms with Crippen molar-refractivity contribution in [3.05, 3.63) is 34.9 Å². The van der Waals surface area contributed by atoms with Crippen molar-refractivity contribution in [2.45, 2.75) is 46.0 Å². The smallest absolute Gasteiger partial charge is 0.163 e. The normalized spacial score (nSPS) is 10.5. The maximum atomic E-state index is 12.3. The summed E-state index contributed by atoms with van der Waals surface area (Å²) in [7, 11) is 3.45. The van der Waals surface area contributed by atoms with E-state index >= 15 is 0 Å². The van der Waals surface area contributed by atoms with Crippen LogP contribution in [0.25, 0.3) is 0 Å². The number of carbonyl (C=O) groups is 1. The molecule has 0 aromatic heterocycles. The molecule has 0 spiro atoms. The minimum atomic E-state index is 0.319. The molecule has 0 heterocycles. The second-order valence-corrected chi connectivity index (χ2v) is 4.79. The van der Waals surface area contributed by atoms with Gasteiger partial charge in [0.25, 0.3) is 0 Å². The Morgan fingerprint density at radius 3 is 2.18 bits per heavy atom. The molecule has 0 saturated heterocycles. The molecule has 0 aliphatic carbocycles. The summed E-state index contributed by atoms with van der Waals surface area (Å²) < 4.78 is 0. The first kappa shape index (κ1) is 14.4. The van der Waals surface area contributed by atoms with Gasteiger partial charge in [0.2, 0.25) is 0 Å². The minimum absolute atomic E-state index is 0.319. The van der Waals surface area contributed by atoms with E-state index in [0.717, 1.165) is 37.4 Å². The summed E-state index contributed by atoms with van der Waals surface area (Å²) in [5, 5.41) is 0. The molecule has 1 nitrogen and oxygen atoms in total. The fourth-order valence-corrected chi connectivity index (χ4v) is 2.39. The van der Waals surface area contributed by atoms with Crippen molar-refractivity contribution >= 4 is 15.0 Å². The van der Waals surface area contributed by atoms with Crippen LogP contribution in [0.15, 0.2) is 18.2 Å². The standard InChI is InChI=1S/C15H22OP/c1-3-12-8-7-9-13(4-2)15(12)14(16)10-5-6-11-17/h7-9,17H,3-6,10-11H2,1-2H3/q-1. The first-order valence-electron chi connectivity index (χ1n) is 6.53. The molecule has 1 rings (SSSR count). The van der Waals surface area contributed by atoms with Crippen LogP contribution in [0.5, 0.6) is 0 Å². The summed E-state index contributed by atoms with van der Waals surface area (Å²) in [5.74, 6) is 0.319. The van der Waals surface area contributed by atoms with Gasteiger partial charge in [-0.3, -0.25) is 4.79 Å². The van der Waals surface area contributed by atoms with Gasteiger partial charge in [-0.15, -0.1) is 0 Å². The lowest BCUT2D eigenvalue weighted by atomic mass is 9.92. The first-order valence-corrected chi connectivity index (χ1v) is 7.23. The lowest BCUT2D eigenvalue weighted by molar-refractivity contribution is 0.0978. The Hall–Kier alpha value is -0.680. The van der Waals surface area contributed by atoms with Gasteiger partial charge in [0.15, 0.2) is 5.78 Å². The van der Waals surface area contributed by atoms with Crippen LogP contribution in [0, 0.1) is 0 Å². The predicted molar refractivity (Wildman–Crippen MR) is 76.6 cm³/mol. The number of rotatable bonds is 7. The minimum Gasteiger partial charge on any atom is -0.558 e. The molecule has 0 aliphatic heterocycles. The Balaban J connectivity index is 2.89. The fourth-order valence-electron chi connectivity index (χ4n) is 2.14. The second kappa shape index (κ2) is 7.61. The average Bonchev–Trinajstić information content (AvgIpc) is 2.37. The molecular weight excluding hydrogens is 227 g/mol. The number of aryl methyl sites for hydroxylation is 2. The van der Waals surface area contributed by atoms with Crippen molar-refractivity contribution in [1.29, 1.82) is 0 Å². The van der Waals surface area contributed by atoms with Crippen molar-refractivity contribution in [1.82, 2.24) is 0 Å². The van der Waals surface area contributed by atoms with Gasteiger partial charge in [-0.25, -0.2) is 0 Å². The fraction of sp³-hybridized carbons (Fsp3) is 0.533. The molecule has 0 bridgehead atoms. The number of carbonyl (C=O) groups excluding carboxylic acids is 1. The third-order valence-corrected chi connectivity index (χ3v) is 3.46. The topological polar surface area (TPSA) is 17.1 Å². The van der Waals surface area contributed by atoms with Crippen LogP contribution < -0.4 is 0 Å². The lowest BCUT2D eigenvalue weighted by Crippen LogP contribution is -2.07. The van der Waals surface area contributed by atoms with Gasteiger partial charge < -0.3 is 9.24 Å². The monoisotopic (exact) mass is 249 g/mol. The SMILES string of the molecule is CCc1cccc(CC)c1C(=O)CCCC[PH-]. The van der Waals surface area contributed by atoms with Gasteiger partial charge in [-0.1, -0.05) is 38.5 Å². The van der Waals surface area contributed by atoms with Crippen LogP contribution >= 0.6 is 9.24 Å². The van der Waals surface area contributed by atoms with Crippen molar-refractivity contribution < 1.29 is 4.79 Å². The summed E-state index contributed by atoms with van der Waals surface area (Å²) >= 11 is 0. The maximum absolute atomic E-state index is 12.3. The van der Waals surface area contributed by atoms with Crippen molar-refractivity contribution in [2.75, 3.05) is 6.16 Å². The van der Waals surface area contributed by atoms with Gasteiger partial charge in [-0.2, -0.15) is 6.16 Å². The number of unbranched alkanes of at least 4 members (excludes halogenated alkanes) is 1. The zero-order valence-electron chi connectivity index (χ0n) is 10.9. The van der Waals surface area contributed by atoms with E-state index in [9.17, 15) is 4.79 Å². The Kier molecular flexibility index (Phi) is 6.44. The highest BCUT2D eigenvalue weighted by Gasteiger charge is 2.13. The third-order valence-electron chi connectivity index (χ3n) is 3.11. The van der Waals surface area contributed by atoms with E-state index in [1.165, 1.54) is 11.1 Å². The van der Waals surface area contributed by atoms with Crippen LogP contribution in [-0.4, -0.2) is 11.9 Å². The van der Waals surface area contributed by atoms with Gasteiger partial charge >= 0.3 is 0 Å². The number of hydrogen-bond donors (Lipinski definition) is 0. The van der Waals surface area contributed by atoms with E-state index in [2.05, 4.69) is 41.3 Å². The third kappa shape index (κ3) is 3.92. The van der Waals surface area contributed by atoms with Crippen LogP contribution in [0.3, 0.4) is 0 Å². The van der Waals surface area contributed by atoms with E-state index in [1.807, 2.05) is 0 Å². The molecule has 0 atom stereocenters. The van der Waals surface area contributed by atoms with E-state index < -0.39 is 0 Å². The summed E-state index contributed by atoms with van der Waals surface area (Å²) in [6.45, 7) is 4.23. The van der Waals surface area contributed by atoms with Gasteiger partial charge in [0.1, 0.15) is 0 Å². The van der Waals surface area contributed by atoms with Crippen LogP contribution in [0.2, 0.25) is 0 Å².